The molecule has 1 fully saturated rings. The average molecular weight is 248 g/mol. The third kappa shape index (κ3) is 2.35. The zero-order chi connectivity index (χ0) is 13.3. The third-order valence-electron chi connectivity index (χ3n) is 3.81. The van der Waals surface area contributed by atoms with E-state index in [0.717, 1.165) is 24.2 Å². The van der Waals surface area contributed by atoms with Crippen molar-refractivity contribution >= 4 is 5.97 Å². The predicted molar refractivity (Wildman–Crippen MR) is 70.1 cm³/mol. The van der Waals surface area contributed by atoms with Crippen molar-refractivity contribution in [2.45, 2.75) is 39.0 Å². The van der Waals surface area contributed by atoms with E-state index in [-0.39, 0.29) is 0 Å². The molecule has 0 saturated heterocycles. The van der Waals surface area contributed by atoms with Crippen molar-refractivity contribution in [3.63, 3.8) is 0 Å². The first kappa shape index (κ1) is 12.9. The van der Waals surface area contributed by atoms with Gasteiger partial charge in [-0.05, 0) is 42.4 Å². The molecule has 1 saturated carbocycles. The highest BCUT2D eigenvalue weighted by atomic mass is 16.5. The first-order chi connectivity index (χ1) is 8.48. The summed E-state index contributed by atoms with van der Waals surface area (Å²) in [6.07, 6.45) is 2.13. The molecule has 1 aromatic carbocycles. The fourth-order valence-electron chi connectivity index (χ4n) is 2.28. The van der Waals surface area contributed by atoms with E-state index >= 15 is 0 Å². The molecule has 0 bridgehead atoms. The minimum Gasteiger partial charge on any atom is -0.496 e. The number of methoxy groups -OCH3 is 1. The molecular formula is C15H20O3. The molecule has 3 heteroatoms. The van der Waals surface area contributed by atoms with E-state index < -0.39 is 11.4 Å². The first-order valence-corrected chi connectivity index (χ1v) is 6.39. The molecule has 0 aliphatic heterocycles. The fraction of sp³-hybridized carbons (Fsp3) is 0.533. The number of carbonyl (C=O) groups is 1. The standard InChI is InChI=1S/C15H20O3/c1-10(2)11-4-5-13(18-3)12(8-11)9-15(6-7-15)14(16)17/h4-5,8,10H,6-7,9H2,1-3H3,(H,16,17). The predicted octanol–water partition coefficient (Wildman–Crippen LogP) is 3.23. The van der Waals surface area contributed by atoms with Gasteiger partial charge in [0.2, 0.25) is 0 Å². The molecule has 0 atom stereocenters. The number of benzene rings is 1. The van der Waals surface area contributed by atoms with Crippen LogP contribution in [-0.4, -0.2) is 18.2 Å². The van der Waals surface area contributed by atoms with Gasteiger partial charge in [-0.25, -0.2) is 0 Å². The smallest absolute Gasteiger partial charge is 0.309 e. The number of hydrogen-bond donors (Lipinski definition) is 1. The van der Waals surface area contributed by atoms with Crippen LogP contribution in [0, 0.1) is 5.41 Å². The summed E-state index contributed by atoms with van der Waals surface area (Å²) >= 11 is 0. The summed E-state index contributed by atoms with van der Waals surface area (Å²) in [5.41, 5.74) is 1.71. The van der Waals surface area contributed by atoms with Crippen LogP contribution >= 0.6 is 0 Å². The van der Waals surface area contributed by atoms with Gasteiger partial charge in [-0.15, -0.1) is 0 Å². The Hall–Kier alpha value is -1.51. The van der Waals surface area contributed by atoms with Crippen molar-refractivity contribution < 1.29 is 14.6 Å². The Kier molecular flexibility index (Phi) is 3.33. The maximum absolute atomic E-state index is 11.3. The molecule has 0 unspecified atom stereocenters. The van der Waals surface area contributed by atoms with Crippen LogP contribution in [0.4, 0.5) is 0 Å². The SMILES string of the molecule is COc1ccc(C(C)C)cc1CC1(C(=O)O)CC1. The molecule has 98 valence electrons. The zero-order valence-electron chi connectivity index (χ0n) is 11.2. The second kappa shape index (κ2) is 4.63. The van der Waals surface area contributed by atoms with Gasteiger partial charge in [-0.1, -0.05) is 26.0 Å². The fourth-order valence-corrected chi connectivity index (χ4v) is 2.28. The second-order valence-electron chi connectivity index (χ2n) is 5.49. The normalized spacial score (nSPS) is 16.7. The number of ether oxygens (including phenoxy) is 1. The van der Waals surface area contributed by atoms with Gasteiger partial charge in [0.15, 0.2) is 0 Å². The molecule has 2 rings (SSSR count). The molecular weight excluding hydrogens is 228 g/mol. The molecule has 0 heterocycles. The van der Waals surface area contributed by atoms with E-state index in [1.54, 1.807) is 7.11 Å². The Morgan fingerprint density at radius 2 is 2.11 bits per heavy atom. The van der Waals surface area contributed by atoms with Crippen LogP contribution in [-0.2, 0) is 11.2 Å². The van der Waals surface area contributed by atoms with Crippen molar-refractivity contribution in [1.82, 2.24) is 0 Å². The van der Waals surface area contributed by atoms with Gasteiger partial charge in [0, 0.05) is 0 Å². The van der Waals surface area contributed by atoms with Gasteiger partial charge < -0.3 is 9.84 Å². The maximum Gasteiger partial charge on any atom is 0.309 e. The minimum atomic E-state index is -0.681. The van der Waals surface area contributed by atoms with Crippen LogP contribution in [0.5, 0.6) is 5.75 Å². The van der Waals surface area contributed by atoms with Crippen molar-refractivity contribution in [2.24, 2.45) is 5.41 Å². The van der Waals surface area contributed by atoms with E-state index in [2.05, 4.69) is 19.9 Å². The first-order valence-electron chi connectivity index (χ1n) is 6.39. The number of aliphatic carboxylic acids is 1. The summed E-state index contributed by atoms with van der Waals surface area (Å²) in [6.45, 7) is 4.27. The minimum absolute atomic E-state index is 0.439. The maximum atomic E-state index is 11.3. The lowest BCUT2D eigenvalue weighted by atomic mass is 9.92. The molecule has 0 spiro atoms. The van der Waals surface area contributed by atoms with Gasteiger partial charge in [0.25, 0.3) is 0 Å². The topological polar surface area (TPSA) is 46.5 Å². The Morgan fingerprint density at radius 1 is 1.44 bits per heavy atom. The lowest BCUT2D eigenvalue weighted by Crippen LogP contribution is -2.18. The zero-order valence-corrected chi connectivity index (χ0v) is 11.2. The molecule has 3 nitrogen and oxygen atoms in total. The lowest BCUT2D eigenvalue weighted by molar-refractivity contribution is -0.143. The van der Waals surface area contributed by atoms with Crippen molar-refractivity contribution in [1.29, 1.82) is 0 Å². The third-order valence-corrected chi connectivity index (χ3v) is 3.81. The summed E-state index contributed by atoms with van der Waals surface area (Å²) < 4.78 is 5.34. The van der Waals surface area contributed by atoms with Crippen molar-refractivity contribution in [3.8, 4) is 5.75 Å². The largest absolute Gasteiger partial charge is 0.496 e. The quantitative estimate of drug-likeness (QED) is 0.870. The van der Waals surface area contributed by atoms with Crippen LogP contribution in [0.3, 0.4) is 0 Å². The summed E-state index contributed by atoms with van der Waals surface area (Å²) in [7, 11) is 1.63. The van der Waals surface area contributed by atoms with Crippen LogP contribution in [0.2, 0.25) is 0 Å². The summed E-state index contributed by atoms with van der Waals surface area (Å²) in [5, 5.41) is 9.27. The highest BCUT2D eigenvalue weighted by molar-refractivity contribution is 5.78. The number of carboxylic acids is 1. The molecule has 1 N–H and O–H groups in total. The second-order valence-corrected chi connectivity index (χ2v) is 5.49. The summed E-state index contributed by atoms with van der Waals surface area (Å²) in [5.74, 6) is 0.557. The van der Waals surface area contributed by atoms with Gasteiger partial charge >= 0.3 is 5.97 Å². The Bertz CT molecular complexity index is 459. The molecule has 1 aromatic rings. The van der Waals surface area contributed by atoms with Crippen LogP contribution in [0.25, 0.3) is 0 Å². The molecule has 1 aliphatic carbocycles. The number of carboxylic acid groups (broad SMARTS) is 1. The van der Waals surface area contributed by atoms with E-state index in [4.69, 9.17) is 4.74 Å². The van der Waals surface area contributed by atoms with E-state index in [9.17, 15) is 9.90 Å². The van der Waals surface area contributed by atoms with E-state index in [1.165, 1.54) is 5.56 Å². The van der Waals surface area contributed by atoms with Crippen molar-refractivity contribution in [3.05, 3.63) is 29.3 Å². The van der Waals surface area contributed by atoms with E-state index in [0.29, 0.717) is 12.3 Å². The molecule has 0 radical (unpaired) electrons. The number of rotatable bonds is 5. The lowest BCUT2D eigenvalue weighted by Gasteiger charge is -2.16. The van der Waals surface area contributed by atoms with E-state index in [1.807, 2.05) is 12.1 Å². The highest BCUT2D eigenvalue weighted by Gasteiger charge is 2.50. The average Bonchev–Trinajstić information content (AvgIpc) is 3.10. The molecule has 1 aliphatic rings. The van der Waals surface area contributed by atoms with Gasteiger partial charge in [0.1, 0.15) is 5.75 Å². The van der Waals surface area contributed by atoms with Crippen LogP contribution in [0.1, 0.15) is 43.7 Å². The van der Waals surface area contributed by atoms with Gasteiger partial charge in [-0.3, -0.25) is 4.79 Å². The molecule has 0 amide bonds. The molecule has 18 heavy (non-hydrogen) atoms. The van der Waals surface area contributed by atoms with Crippen LogP contribution < -0.4 is 4.74 Å². The van der Waals surface area contributed by atoms with Gasteiger partial charge in [-0.2, -0.15) is 0 Å². The monoisotopic (exact) mass is 248 g/mol. The Labute approximate surface area is 108 Å². The van der Waals surface area contributed by atoms with Crippen molar-refractivity contribution in [2.75, 3.05) is 7.11 Å². The Balaban J connectivity index is 2.30. The number of hydrogen-bond acceptors (Lipinski definition) is 2. The Morgan fingerprint density at radius 3 is 2.56 bits per heavy atom. The summed E-state index contributed by atoms with van der Waals surface area (Å²) in [6, 6.07) is 6.09. The van der Waals surface area contributed by atoms with Gasteiger partial charge in [0.05, 0.1) is 12.5 Å². The molecule has 0 aromatic heterocycles. The summed E-state index contributed by atoms with van der Waals surface area (Å²) in [4.78, 5) is 11.3. The highest BCUT2D eigenvalue weighted by Crippen LogP contribution is 2.49. The van der Waals surface area contributed by atoms with Crippen LogP contribution in [0.15, 0.2) is 18.2 Å².